The second-order valence-corrected chi connectivity index (χ2v) is 5.94. The van der Waals surface area contributed by atoms with E-state index in [1.807, 2.05) is 26.8 Å². The third-order valence-corrected chi connectivity index (χ3v) is 4.20. The Morgan fingerprint density at radius 1 is 1.37 bits per heavy atom. The lowest BCUT2D eigenvalue weighted by Gasteiger charge is -2.10. The third-order valence-electron chi connectivity index (χ3n) is 2.37. The molecule has 2 aromatic rings. The maximum Gasteiger partial charge on any atom is 0.176 e. The highest BCUT2D eigenvalue weighted by atomic mass is 32.2. The zero-order valence-electron chi connectivity index (χ0n) is 10.7. The summed E-state index contributed by atoms with van der Waals surface area (Å²) in [6.07, 6.45) is 0. The molecule has 0 radical (unpaired) electrons. The smallest absolute Gasteiger partial charge is 0.176 e. The molecule has 0 aliphatic heterocycles. The standard InChI is InChI=1S/C11H13N5OS2/c1-5-4-6(2)13-10(8(5)9(12)15-17)18-11-14-7(3)16-19-11/h4,17H,1-3H3,(H2,12,15). The molecule has 0 saturated carbocycles. The largest absolute Gasteiger partial charge is 0.409 e. The molecule has 8 heteroatoms. The summed E-state index contributed by atoms with van der Waals surface area (Å²) in [4.78, 5) is 8.72. The molecule has 0 aliphatic rings. The second-order valence-electron chi connectivity index (χ2n) is 3.96. The first-order valence-electron chi connectivity index (χ1n) is 5.45. The van der Waals surface area contributed by atoms with Crippen LogP contribution >= 0.6 is 23.3 Å². The van der Waals surface area contributed by atoms with Gasteiger partial charge in [0.1, 0.15) is 10.9 Å². The minimum absolute atomic E-state index is 0.0498. The summed E-state index contributed by atoms with van der Waals surface area (Å²) < 4.78 is 4.90. The van der Waals surface area contributed by atoms with Crippen molar-refractivity contribution in [2.75, 3.05) is 0 Å². The first kappa shape index (κ1) is 13.8. The molecule has 0 atom stereocenters. The molecule has 0 unspecified atom stereocenters. The predicted octanol–water partition coefficient (Wildman–Crippen LogP) is 2.10. The quantitative estimate of drug-likeness (QED) is 0.389. The Hall–Kier alpha value is -1.67. The van der Waals surface area contributed by atoms with E-state index in [9.17, 15) is 0 Å². The van der Waals surface area contributed by atoms with Gasteiger partial charge in [-0.2, -0.15) is 4.37 Å². The van der Waals surface area contributed by atoms with Gasteiger partial charge in [-0.1, -0.05) is 5.16 Å². The highest BCUT2D eigenvalue weighted by Gasteiger charge is 2.16. The van der Waals surface area contributed by atoms with Gasteiger partial charge in [-0.15, -0.1) is 0 Å². The lowest BCUT2D eigenvalue weighted by Crippen LogP contribution is -2.17. The Labute approximate surface area is 118 Å². The number of hydrogen-bond donors (Lipinski definition) is 2. The molecule has 6 nitrogen and oxygen atoms in total. The first-order chi connectivity index (χ1) is 9.01. The molecule has 100 valence electrons. The molecule has 0 fully saturated rings. The van der Waals surface area contributed by atoms with Gasteiger partial charge in [-0.3, -0.25) is 0 Å². The van der Waals surface area contributed by atoms with Gasteiger partial charge in [0.15, 0.2) is 10.2 Å². The van der Waals surface area contributed by atoms with E-state index in [-0.39, 0.29) is 5.84 Å². The highest BCUT2D eigenvalue weighted by Crippen LogP contribution is 2.31. The third kappa shape index (κ3) is 3.02. The number of nitrogens with two attached hydrogens (primary N) is 1. The Balaban J connectivity index is 2.48. The van der Waals surface area contributed by atoms with Gasteiger partial charge < -0.3 is 10.9 Å². The summed E-state index contributed by atoms with van der Waals surface area (Å²) in [5, 5.41) is 12.6. The molecular formula is C11H13N5OS2. The Morgan fingerprint density at radius 2 is 2.11 bits per heavy atom. The molecule has 0 amide bonds. The van der Waals surface area contributed by atoms with Crippen molar-refractivity contribution in [2.24, 2.45) is 10.9 Å². The molecule has 0 aromatic carbocycles. The summed E-state index contributed by atoms with van der Waals surface area (Å²) in [6.45, 7) is 5.63. The van der Waals surface area contributed by atoms with Crippen molar-refractivity contribution in [2.45, 2.75) is 30.1 Å². The SMILES string of the molecule is Cc1cc(C)c(C(N)=NO)c(Sc2nc(C)ns2)n1. The van der Waals surface area contributed by atoms with E-state index in [4.69, 9.17) is 10.9 Å². The van der Waals surface area contributed by atoms with Crippen LogP contribution in [-0.4, -0.2) is 25.4 Å². The van der Waals surface area contributed by atoms with Gasteiger partial charge in [0.2, 0.25) is 0 Å². The van der Waals surface area contributed by atoms with E-state index in [1.54, 1.807) is 0 Å². The van der Waals surface area contributed by atoms with Crippen LogP contribution in [0.2, 0.25) is 0 Å². The van der Waals surface area contributed by atoms with Gasteiger partial charge >= 0.3 is 0 Å². The zero-order valence-corrected chi connectivity index (χ0v) is 12.3. The molecule has 2 rings (SSSR count). The van der Waals surface area contributed by atoms with Gasteiger partial charge in [0.05, 0.1) is 5.56 Å². The monoisotopic (exact) mass is 295 g/mol. The van der Waals surface area contributed by atoms with Crippen LogP contribution < -0.4 is 5.73 Å². The normalized spacial score (nSPS) is 11.8. The van der Waals surface area contributed by atoms with Crippen LogP contribution in [0.5, 0.6) is 0 Å². The van der Waals surface area contributed by atoms with Crippen LogP contribution in [0, 0.1) is 20.8 Å². The molecule has 0 spiro atoms. The van der Waals surface area contributed by atoms with Crippen molar-refractivity contribution < 1.29 is 5.21 Å². The van der Waals surface area contributed by atoms with Gasteiger partial charge in [0, 0.05) is 5.69 Å². The topological polar surface area (TPSA) is 97.3 Å². The molecular weight excluding hydrogens is 282 g/mol. The van der Waals surface area contributed by atoms with E-state index in [0.29, 0.717) is 10.6 Å². The number of amidine groups is 1. The van der Waals surface area contributed by atoms with Crippen molar-refractivity contribution in [1.29, 1.82) is 0 Å². The number of aromatic nitrogens is 3. The average molecular weight is 295 g/mol. The maximum absolute atomic E-state index is 8.88. The minimum atomic E-state index is 0.0498. The summed E-state index contributed by atoms with van der Waals surface area (Å²) >= 11 is 2.67. The number of oxime groups is 1. The number of pyridine rings is 1. The van der Waals surface area contributed by atoms with Crippen LogP contribution in [0.3, 0.4) is 0 Å². The van der Waals surface area contributed by atoms with Gasteiger partial charge in [-0.25, -0.2) is 9.97 Å². The lowest BCUT2D eigenvalue weighted by atomic mass is 10.1. The second kappa shape index (κ2) is 5.54. The summed E-state index contributed by atoms with van der Waals surface area (Å²) in [5.74, 6) is 0.774. The van der Waals surface area contributed by atoms with E-state index in [0.717, 1.165) is 21.4 Å². The van der Waals surface area contributed by atoms with Crippen molar-refractivity contribution in [3.8, 4) is 0 Å². The van der Waals surface area contributed by atoms with Crippen LogP contribution in [0.4, 0.5) is 0 Å². The molecule has 2 aromatic heterocycles. The van der Waals surface area contributed by atoms with Crippen molar-refractivity contribution in [3.63, 3.8) is 0 Å². The zero-order chi connectivity index (χ0) is 14.0. The molecule has 2 heterocycles. The fourth-order valence-electron chi connectivity index (χ4n) is 1.64. The number of rotatable bonds is 3. The Bertz CT molecular complexity index is 638. The van der Waals surface area contributed by atoms with Crippen molar-refractivity contribution in [1.82, 2.24) is 14.3 Å². The van der Waals surface area contributed by atoms with E-state index < -0.39 is 0 Å². The van der Waals surface area contributed by atoms with Crippen LogP contribution in [0.25, 0.3) is 0 Å². The molecule has 0 bridgehead atoms. The van der Waals surface area contributed by atoms with Crippen molar-refractivity contribution >= 4 is 29.1 Å². The lowest BCUT2D eigenvalue weighted by molar-refractivity contribution is 0.318. The van der Waals surface area contributed by atoms with Gasteiger partial charge in [-0.05, 0) is 55.7 Å². The summed E-state index contributed by atoms with van der Waals surface area (Å²) in [6, 6.07) is 1.89. The predicted molar refractivity (Wildman–Crippen MR) is 75.0 cm³/mol. The number of hydrogen-bond acceptors (Lipinski definition) is 7. The Kier molecular flexibility index (Phi) is 4.01. The number of nitrogens with zero attached hydrogens (tertiary/aromatic N) is 4. The summed E-state index contributed by atoms with van der Waals surface area (Å²) in [5.41, 5.74) is 8.13. The average Bonchev–Trinajstić information content (AvgIpc) is 2.73. The maximum atomic E-state index is 8.88. The molecule has 0 aliphatic carbocycles. The molecule has 0 saturated heterocycles. The van der Waals surface area contributed by atoms with Crippen LogP contribution in [0.1, 0.15) is 22.6 Å². The van der Waals surface area contributed by atoms with Crippen LogP contribution in [0.15, 0.2) is 20.6 Å². The minimum Gasteiger partial charge on any atom is -0.409 e. The first-order valence-corrected chi connectivity index (χ1v) is 7.04. The molecule has 19 heavy (non-hydrogen) atoms. The van der Waals surface area contributed by atoms with E-state index in [2.05, 4.69) is 19.5 Å². The fourth-order valence-corrected chi connectivity index (χ4v) is 3.46. The van der Waals surface area contributed by atoms with Crippen LogP contribution in [-0.2, 0) is 0 Å². The summed E-state index contributed by atoms with van der Waals surface area (Å²) in [7, 11) is 0. The van der Waals surface area contributed by atoms with Gasteiger partial charge in [0.25, 0.3) is 0 Å². The van der Waals surface area contributed by atoms with Crippen molar-refractivity contribution in [3.05, 3.63) is 28.7 Å². The van der Waals surface area contributed by atoms with E-state index >= 15 is 0 Å². The highest BCUT2D eigenvalue weighted by molar-refractivity contribution is 8.01. The Morgan fingerprint density at radius 3 is 2.68 bits per heavy atom. The number of aryl methyl sites for hydroxylation is 3. The fraction of sp³-hybridized carbons (Fsp3) is 0.273. The molecule has 3 N–H and O–H groups in total. The van der Waals surface area contributed by atoms with E-state index in [1.165, 1.54) is 23.3 Å².